The molecule has 1 aromatic heterocycles. The SMILES string of the molecule is NCC#Cc1ccnc(NC(=O)Cc2ccccc2Cl)c1. The van der Waals surface area contributed by atoms with Gasteiger partial charge in [-0.25, -0.2) is 4.98 Å². The fraction of sp³-hybridized carbons (Fsp3) is 0.125. The van der Waals surface area contributed by atoms with E-state index in [2.05, 4.69) is 22.1 Å². The van der Waals surface area contributed by atoms with Gasteiger partial charge >= 0.3 is 0 Å². The number of amides is 1. The highest BCUT2D eigenvalue weighted by molar-refractivity contribution is 6.31. The number of nitrogens with one attached hydrogen (secondary N) is 1. The summed E-state index contributed by atoms with van der Waals surface area (Å²) in [6.07, 6.45) is 1.78. The zero-order valence-corrected chi connectivity index (χ0v) is 12.0. The fourth-order valence-electron chi connectivity index (χ4n) is 1.73. The van der Waals surface area contributed by atoms with Gasteiger partial charge in [0.05, 0.1) is 13.0 Å². The molecule has 0 fully saturated rings. The van der Waals surface area contributed by atoms with Crippen molar-refractivity contribution in [3.8, 4) is 11.8 Å². The molecule has 0 spiro atoms. The maximum atomic E-state index is 12.0. The van der Waals surface area contributed by atoms with Crippen molar-refractivity contribution in [3.63, 3.8) is 0 Å². The van der Waals surface area contributed by atoms with Crippen molar-refractivity contribution in [2.45, 2.75) is 6.42 Å². The van der Waals surface area contributed by atoms with Gasteiger partial charge in [-0.15, -0.1) is 0 Å². The van der Waals surface area contributed by atoms with Crippen LogP contribution in [-0.2, 0) is 11.2 Å². The molecule has 1 heterocycles. The lowest BCUT2D eigenvalue weighted by atomic mass is 10.1. The molecule has 0 atom stereocenters. The average molecular weight is 300 g/mol. The Kier molecular flexibility index (Phi) is 5.33. The van der Waals surface area contributed by atoms with E-state index >= 15 is 0 Å². The summed E-state index contributed by atoms with van der Waals surface area (Å²) in [5, 5.41) is 3.30. The molecule has 2 rings (SSSR count). The number of hydrogen-bond acceptors (Lipinski definition) is 3. The van der Waals surface area contributed by atoms with Gasteiger partial charge in [-0.2, -0.15) is 0 Å². The van der Waals surface area contributed by atoms with Crippen LogP contribution in [0.2, 0.25) is 5.02 Å². The van der Waals surface area contributed by atoms with E-state index in [1.165, 1.54) is 0 Å². The smallest absolute Gasteiger partial charge is 0.230 e. The fourth-order valence-corrected chi connectivity index (χ4v) is 1.93. The topological polar surface area (TPSA) is 68.0 Å². The van der Waals surface area contributed by atoms with E-state index in [9.17, 15) is 4.79 Å². The number of anilines is 1. The average Bonchev–Trinajstić information content (AvgIpc) is 2.48. The van der Waals surface area contributed by atoms with Crippen molar-refractivity contribution >= 4 is 23.3 Å². The molecule has 21 heavy (non-hydrogen) atoms. The number of aromatic nitrogens is 1. The largest absolute Gasteiger partial charge is 0.320 e. The van der Waals surface area contributed by atoms with Crippen LogP contribution < -0.4 is 11.1 Å². The summed E-state index contributed by atoms with van der Waals surface area (Å²) in [6, 6.07) is 10.7. The number of nitrogens with two attached hydrogens (primary N) is 1. The normalized spacial score (nSPS) is 9.62. The number of carbonyl (C=O) groups excluding carboxylic acids is 1. The third kappa shape index (κ3) is 4.60. The Bertz CT molecular complexity index is 704. The standard InChI is InChI=1S/C16H14ClN3O/c17-14-6-2-1-5-13(14)11-16(21)20-15-10-12(4-3-8-18)7-9-19-15/h1-2,5-7,9-10H,8,11,18H2,(H,19,20,21). The number of hydrogen-bond donors (Lipinski definition) is 2. The van der Waals surface area contributed by atoms with Crippen molar-refractivity contribution in [2.75, 3.05) is 11.9 Å². The van der Waals surface area contributed by atoms with Gasteiger partial charge in [0.2, 0.25) is 5.91 Å². The number of nitrogens with zero attached hydrogens (tertiary/aromatic N) is 1. The van der Waals surface area contributed by atoms with Crippen LogP contribution in [0, 0.1) is 11.8 Å². The van der Waals surface area contributed by atoms with E-state index in [1.807, 2.05) is 18.2 Å². The molecule has 1 aromatic carbocycles. The van der Waals surface area contributed by atoms with Crippen molar-refractivity contribution in [3.05, 3.63) is 58.7 Å². The summed E-state index contributed by atoms with van der Waals surface area (Å²) >= 11 is 6.03. The maximum absolute atomic E-state index is 12.0. The molecule has 0 saturated carbocycles. The Morgan fingerprint density at radius 3 is 2.90 bits per heavy atom. The zero-order valence-electron chi connectivity index (χ0n) is 11.3. The lowest BCUT2D eigenvalue weighted by Crippen LogP contribution is -2.15. The summed E-state index contributed by atoms with van der Waals surface area (Å²) < 4.78 is 0. The number of pyridine rings is 1. The first kappa shape index (κ1) is 15.0. The summed E-state index contributed by atoms with van der Waals surface area (Å²) in [4.78, 5) is 16.1. The molecule has 1 amide bonds. The van der Waals surface area contributed by atoms with Gasteiger partial charge in [-0.05, 0) is 23.8 Å². The minimum atomic E-state index is -0.181. The minimum absolute atomic E-state index is 0.181. The van der Waals surface area contributed by atoms with Crippen molar-refractivity contribution in [2.24, 2.45) is 5.73 Å². The van der Waals surface area contributed by atoms with Crippen LogP contribution in [0.25, 0.3) is 0 Å². The Morgan fingerprint density at radius 2 is 2.14 bits per heavy atom. The molecule has 106 valence electrons. The Labute approximate surface area is 128 Å². The summed E-state index contributed by atoms with van der Waals surface area (Å²) in [5.41, 5.74) is 6.85. The third-order valence-electron chi connectivity index (χ3n) is 2.67. The predicted molar refractivity (Wildman–Crippen MR) is 84.0 cm³/mol. The number of halogens is 1. The van der Waals surface area contributed by atoms with Crippen LogP contribution >= 0.6 is 11.6 Å². The second-order valence-corrected chi connectivity index (χ2v) is 4.66. The molecule has 3 N–H and O–H groups in total. The molecule has 2 aromatic rings. The van der Waals surface area contributed by atoms with Gasteiger partial charge in [0.1, 0.15) is 5.82 Å². The second-order valence-electron chi connectivity index (χ2n) is 4.25. The van der Waals surface area contributed by atoms with E-state index in [0.717, 1.165) is 11.1 Å². The van der Waals surface area contributed by atoms with Crippen LogP contribution in [0.4, 0.5) is 5.82 Å². The van der Waals surface area contributed by atoms with Crippen molar-refractivity contribution in [1.29, 1.82) is 0 Å². The summed E-state index contributed by atoms with van der Waals surface area (Å²) in [7, 11) is 0. The first-order chi connectivity index (χ1) is 10.2. The zero-order chi connectivity index (χ0) is 15.1. The van der Waals surface area contributed by atoms with Gasteiger partial charge in [-0.1, -0.05) is 41.6 Å². The monoisotopic (exact) mass is 299 g/mol. The van der Waals surface area contributed by atoms with E-state index in [0.29, 0.717) is 10.8 Å². The number of carbonyl (C=O) groups is 1. The predicted octanol–water partition coefficient (Wildman–Crippen LogP) is 2.23. The third-order valence-corrected chi connectivity index (χ3v) is 3.04. The van der Waals surface area contributed by atoms with E-state index in [4.69, 9.17) is 17.3 Å². The molecule has 0 radical (unpaired) electrons. The van der Waals surface area contributed by atoms with Gasteiger partial charge < -0.3 is 11.1 Å². The lowest BCUT2D eigenvalue weighted by molar-refractivity contribution is -0.115. The van der Waals surface area contributed by atoms with Crippen LogP contribution in [-0.4, -0.2) is 17.4 Å². The van der Waals surface area contributed by atoms with Gasteiger partial charge in [-0.3, -0.25) is 4.79 Å². The molecule has 0 aliphatic heterocycles. The quantitative estimate of drug-likeness (QED) is 0.854. The Balaban J connectivity index is 2.04. The molecule has 0 aliphatic rings. The number of benzene rings is 1. The van der Waals surface area contributed by atoms with Gasteiger partial charge in [0, 0.05) is 16.8 Å². The van der Waals surface area contributed by atoms with Crippen molar-refractivity contribution < 1.29 is 4.79 Å². The summed E-state index contributed by atoms with van der Waals surface area (Å²) in [6.45, 7) is 0.288. The van der Waals surface area contributed by atoms with E-state index in [-0.39, 0.29) is 18.9 Å². The highest BCUT2D eigenvalue weighted by Gasteiger charge is 2.07. The molecule has 5 heteroatoms. The minimum Gasteiger partial charge on any atom is -0.320 e. The van der Waals surface area contributed by atoms with Gasteiger partial charge in [0.25, 0.3) is 0 Å². The maximum Gasteiger partial charge on any atom is 0.230 e. The van der Waals surface area contributed by atoms with Crippen LogP contribution in [0.5, 0.6) is 0 Å². The molecule has 0 bridgehead atoms. The lowest BCUT2D eigenvalue weighted by Gasteiger charge is -2.06. The first-order valence-electron chi connectivity index (χ1n) is 6.37. The highest BCUT2D eigenvalue weighted by Crippen LogP contribution is 2.16. The highest BCUT2D eigenvalue weighted by atomic mass is 35.5. The molecule has 4 nitrogen and oxygen atoms in total. The molecular weight excluding hydrogens is 286 g/mol. The van der Waals surface area contributed by atoms with Gasteiger partial charge in [0.15, 0.2) is 0 Å². The Hall–Kier alpha value is -2.35. The second kappa shape index (κ2) is 7.44. The van der Waals surface area contributed by atoms with E-state index < -0.39 is 0 Å². The van der Waals surface area contributed by atoms with Crippen LogP contribution in [0.3, 0.4) is 0 Å². The summed E-state index contributed by atoms with van der Waals surface area (Å²) in [5.74, 6) is 5.92. The molecule has 0 aliphatic carbocycles. The molecule has 0 unspecified atom stereocenters. The molecular formula is C16H14ClN3O. The number of rotatable bonds is 3. The first-order valence-corrected chi connectivity index (χ1v) is 6.75. The van der Waals surface area contributed by atoms with Crippen molar-refractivity contribution in [1.82, 2.24) is 4.98 Å². The van der Waals surface area contributed by atoms with Crippen LogP contribution in [0.15, 0.2) is 42.6 Å². The van der Waals surface area contributed by atoms with E-state index in [1.54, 1.807) is 24.4 Å². The Morgan fingerprint density at radius 1 is 1.33 bits per heavy atom. The molecule has 0 saturated heterocycles. The van der Waals surface area contributed by atoms with Crippen LogP contribution in [0.1, 0.15) is 11.1 Å².